The summed E-state index contributed by atoms with van der Waals surface area (Å²) in [6, 6.07) is 0. The van der Waals surface area contributed by atoms with Crippen molar-refractivity contribution in [2.24, 2.45) is 0 Å². The largest absolute Gasteiger partial charge is 0.377 e. The molecule has 0 saturated carbocycles. The van der Waals surface area contributed by atoms with Crippen molar-refractivity contribution in [3.05, 3.63) is 0 Å². The zero-order valence-electron chi connectivity index (χ0n) is 16.2. The van der Waals surface area contributed by atoms with Crippen LogP contribution in [0.2, 0.25) is 0 Å². The Morgan fingerprint density at radius 1 is 0.385 bits per heavy atom. The summed E-state index contributed by atoms with van der Waals surface area (Å²) in [6.07, 6.45) is 0. The molecule has 8 nitrogen and oxygen atoms in total. The summed E-state index contributed by atoms with van der Waals surface area (Å²) in [6.45, 7) is 10.6. The van der Waals surface area contributed by atoms with E-state index in [-0.39, 0.29) is 0 Å². The van der Waals surface area contributed by atoms with E-state index < -0.39 is 11.2 Å². The second-order valence-corrected chi connectivity index (χ2v) is 7.03. The first-order valence-electron chi connectivity index (χ1n) is 9.36. The molecule has 2 rings (SSSR count). The van der Waals surface area contributed by atoms with Crippen molar-refractivity contribution in [1.82, 2.24) is 0 Å². The standard InChI is InChI=1S/C18H34O8/c1-17-13-21-5-3-19-4-6-22-14-18(2,16-24-8-7-23-15-17)26-12-10-20-9-11-25-17/h3-16H2,1-2H3. The van der Waals surface area contributed by atoms with E-state index in [1.54, 1.807) is 0 Å². The highest BCUT2D eigenvalue weighted by Gasteiger charge is 2.28. The average Bonchev–Trinajstić information content (AvgIpc) is 2.62. The molecule has 154 valence electrons. The molecule has 2 aliphatic heterocycles. The third-order valence-corrected chi connectivity index (χ3v) is 4.10. The fourth-order valence-corrected chi connectivity index (χ4v) is 2.65. The Balaban J connectivity index is 2.00. The lowest BCUT2D eigenvalue weighted by Crippen LogP contribution is -2.41. The van der Waals surface area contributed by atoms with Crippen molar-refractivity contribution in [3.8, 4) is 0 Å². The molecular formula is C18H34O8. The molecule has 2 bridgehead atoms. The maximum Gasteiger partial charge on any atom is 0.112 e. The van der Waals surface area contributed by atoms with Crippen molar-refractivity contribution in [2.45, 2.75) is 25.0 Å². The summed E-state index contributed by atoms with van der Waals surface area (Å²) in [5, 5.41) is 0. The second-order valence-electron chi connectivity index (χ2n) is 7.03. The minimum Gasteiger partial charge on any atom is -0.377 e. The van der Waals surface area contributed by atoms with Crippen molar-refractivity contribution >= 4 is 0 Å². The van der Waals surface area contributed by atoms with E-state index in [1.807, 2.05) is 13.8 Å². The topological polar surface area (TPSA) is 73.8 Å². The SMILES string of the molecule is CC12COCCOCCOCC(C)(COCCOC1)OCCOCCO2. The zero-order valence-corrected chi connectivity index (χ0v) is 16.2. The average molecular weight is 378 g/mol. The van der Waals surface area contributed by atoms with Gasteiger partial charge in [0.05, 0.1) is 92.5 Å². The minimum absolute atomic E-state index is 0.425. The molecule has 0 N–H and O–H groups in total. The summed E-state index contributed by atoms with van der Waals surface area (Å²) >= 11 is 0. The van der Waals surface area contributed by atoms with E-state index in [4.69, 9.17) is 37.9 Å². The first-order valence-corrected chi connectivity index (χ1v) is 9.36. The lowest BCUT2D eigenvalue weighted by molar-refractivity contribution is -0.143. The lowest BCUT2D eigenvalue weighted by Gasteiger charge is -2.29. The van der Waals surface area contributed by atoms with Gasteiger partial charge in [-0.2, -0.15) is 0 Å². The molecule has 2 unspecified atom stereocenters. The Hall–Kier alpha value is -0.320. The molecule has 0 amide bonds. The predicted octanol–water partition coefficient (Wildman–Crippen LogP) is 0.664. The van der Waals surface area contributed by atoms with E-state index in [2.05, 4.69) is 0 Å². The molecule has 26 heavy (non-hydrogen) atoms. The first kappa shape index (κ1) is 22.0. The normalized spacial score (nSPS) is 35.3. The predicted molar refractivity (Wildman–Crippen MR) is 93.6 cm³/mol. The van der Waals surface area contributed by atoms with Gasteiger partial charge in [-0.15, -0.1) is 0 Å². The molecule has 0 aliphatic carbocycles. The van der Waals surface area contributed by atoms with Crippen molar-refractivity contribution in [2.75, 3.05) is 92.5 Å². The van der Waals surface area contributed by atoms with Crippen molar-refractivity contribution in [3.63, 3.8) is 0 Å². The van der Waals surface area contributed by atoms with Crippen LogP contribution < -0.4 is 0 Å². The Morgan fingerprint density at radius 2 is 0.654 bits per heavy atom. The quantitative estimate of drug-likeness (QED) is 0.609. The van der Waals surface area contributed by atoms with Gasteiger partial charge in [0.2, 0.25) is 0 Å². The molecular weight excluding hydrogens is 344 g/mol. The highest BCUT2D eigenvalue weighted by Crippen LogP contribution is 2.15. The Bertz CT molecular complexity index is 329. The molecule has 0 spiro atoms. The van der Waals surface area contributed by atoms with Gasteiger partial charge in [-0.1, -0.05) is 0 Å². The summed E-state index contributed by atoms with van der Waals surface area (Å²) in [7, 11) is 0. The molecule has 8 heteroatoms. The van der Waals surface area contributed by atoms with Crippen molar-refractivity contribution < 1.29 is 37.9 Å². The third-order valence-electron chi connectivity index (χ3n) is 4.10. The number of ether oxygens (including phenoxy) is 8. The summed E-state index contributed by atoms with van der Waals surface area (Å²) < 4.78 is 46.0. The van der Waals surface area contributed by atoms with Crippen LogP contribution in [0.3, 0.4) is 0 Å². The molecule has 0 aromatic carbocycles. The van der Waals surface area contributed by atoms with Gasteiger partial charge in [0.15, 0.2) is 0 Å². The molecule has 2 fully saturated rings. The van der Waals surface area contributed by atoms with Gasteiger partial charge in [-0.25, -0.2) is 0 Å². The third kappa shape index (κ3) is 9.05. The van der Waals surface area contributed by atoms with E-state index in [9.17, 15) is 0 Å². The molecule has 2 heterocycles. The van der Waals surface area contributed by atoms with Crippen LogP contribution in [0.5, 0.6) is 0 Å². The Morgan fingerprint density at radius 3 is 1.00 bits per heavy atom. The number of fused-ring (bicyclic) bond motifs is 7. The van der Waals surface area contributed by atoms with Crippen LogP contribution in [0.1, 0.15) is 13.8 Å². The van der Waals surface area contributed by atoms with E-state index in [0.717, 1.165) is 0 Å². The number of hydrogen-bond acceptors (Lipinski definition) is 8. The van der Waals surface area contributed by atoms with Crippen LogP contribution in [0.25, 0.3) is 0 Å². The summed E-state index contributed by atoms with van der Waals surface area (Å²) in [5.74, 6) is 0. The lowest BCUT2D eigenvalue weighted by atomic mass is 10.1. The fourth-order valence-electron chi connectivity index (χ4n) is 2.65. The molecule has 0 aromatic rings. The number of rotatable bonds is 0. The Labute approximate surface area is 156 Å². The highest BCUT2D eigenvalue weighted by atomic mass is 16.6. The first-order chi connectivity index (χ1) is 12.6. The van der Waals surface area contributed by atoms with Crippen LogP contribution in [0, 0.1) is 0 Å². The molecule has 0 radical (unpaired) electrons. The fraction of sp³-hybridized carbons (Fsp3) is 1.00. The maximum atomic E-state index is 5.97. The van der Waals surface area contributed by atoms with Gasteiger partial charge < -0.3 is 37.9 Å². The van der Waals surface area contributed by atoms with Crippen LogP contribution in [-0.4, -0.2) is 104 Å². The second kappa shape index (κ2) is 12.2. The Kier molecular flexibility index (Phi) is 10.3. The van der Waals surface area contributed by atoms with E-state index in [0.29, 0.717) is 92.5 Å². The molecule has 2 saturated heterocycles. The van der Waals surface area contributed by atoms with Crippen LogP contribution in [0.4, 0.5) is 0 Å². The van der Waals surface area contributed by atoms with E-state index >= 15 is 0 Å². The summed E-state index contributed by atoms with van der Waals surface area (Å²) in [5.41, 5.74) is -1.07. The zero-order chi connectivity index (χ0) is 18.6. The van der Waals surface area contributed by atoms with Gasteiger partial charge in [-0.05, 0) is 13.8 Å². The summed E-state index contributed by atoms with van der Waals surface area (Å²) in [4.78, 5) is 0. The van der Waals surface area contributed by atoms with Gasteiger partial charge in [-0.3, -0.25) is 0 Å². The molecule has 2 aliphatic rings. The van der Waals surface area contributed by atoms with Crippen LogP contribution in [-0.2, 0) is 37.9 Å². The van der Waals surface area contributed by atoms with Gasteiger partial charge in [0.1, 0.15) is 11.2 Å². The van der Waals surface area contributed by atoms with Crippen LogP contribution >= 0.6 is 0 Å². The number of hydrogen-bond donors (Lipinski definition) is 0. The van der Waals surface area contributed by atoms with Gasteiger partial charge >= 0.3 is 0 Å². The maximum absolute atomic E-state index is 5.97. The highest BCUT2D eigenvalue weighted by molar-refractivity contribution is 4.76. The van der Waals surface area contributed by atoms with E-state index in [1.165, 1.54) is 0 Å². The minimum atomic E-state index is -0.536. The smallest absolute Gasteiger partial charge is 0.112 e. The van der Waals surface area contributed by atoms with Gasteiger partial charge in [0.25, 0.3) is 0 Å². The molecule has 2 atom stereocenters. The van der Waals surface area contributed by atoms with Crippen molar-refractivity contribution in [1.29, 1.82) is 0 Å². The van der Waals surface area contributed by atoms with Gasteiger partial charge in [0, 0.05) is 0 Å². The van der Waals surface area contributed by atoms with Crippen LogP contribution in [0.15, 0.2) is 0 Å². The molecule has 0 aromatic heterocycles. The monoisotopic (exact) mass is 378 g/mol.